The maximum absolute atomic E-state index is 9.73. The monoisotopic (exact) mass is 240 g/mol. The number of aliphatic hydroxyl groups excluding tert-OH is 1. The Hall–Kier alpha value is -0.630. The molecule has 0 saturated heterocycles. The molecule has 1 rings (SSSR count). The van der Waals surface area contributed by atoms with Crippen LogP contribution >= 0.6 is 0 Å². The molecule has 0 bridgehead atoms. The maximum atomic E-state index is 9.73. The van der Waals surface area contributed by atoms with Crippen molar-refractivity contribution in [2.45, 2.75) is 38.3 Å². The Morgan fingerprint density at radius 3 is 2.82 bits per heavy atom. The third-order valence-corrected chi connectivity index (χ3v) is 3.67. The van der Waals surface area contributed by atoms with Crippen LogP contribution in [0.3, 0.4) is 0 Å². The number of methoxy groups -OCH3 is 1. The van der Waals surface area contributed by atoms with Gasteiger partial charge < -0.3 is 9.84 Å². The molecule has 4 atom stereocenters. The predicted molar refractivity (Wildman–Crippen MR) is 66.4 cm³/mol. The highest BCUT2D eigenvalue weighted by Crippen LogP contribution is 2.31. The minimum absolute atomic E-state index is 0.103. The molecule has 1 saturated carbocycles. The Bertz CT molecular complexity index is 265. The molecule has 4 nitrogen and oxygen atoms in total. The van der Waals surface area contributed by atoms with E-state index in [1.165, 1.54) is 0 Å². The second kappa shape index (κ2) is 6.95. The van der Waals surface area contributed by atoms with Crippen molar-refractivity contribution in [3.05, 3.63) is 0 Å². The van der Waals surface area contributed by atoms with Crippen molar-refractivity contribution in [2.24, 2.45) is 11.8 Å². The first-order valence-electron chi connectivity index (χ1n) is 6.35. The fourth-order valence-corrected chi connectivity index (χ4v) is 2.70. The van der Waals surface area contributed by atoms with Gasteiger partial charge in [-0.2, -0.15) is 5.26 Å². The fraction of sp³-hybridized carbons (Fsp3) is 0.923. The second-order valence-corrected chi connectivity index (χ2v) is 5.27. The van der Waals surface area contributed by atoms with Crippen LogP contribution in [0.1, 0.15) is 26.2 Å². The van der Waals surface area contributed by atoms with Crippen LogP contribution in [0.4, 0.5) is 0 Å². The van der Waals surface area contributed by atoms with Gasteiger partial charge in [0, 0.05) is 19.7 Å². The lowest BCUT2D eigenvalue weighted by molar-refractivity contribution is 0.0211. The SMILES string of the molecule is COCC(O)CN(C)C1CC(C)CCC1C#N. The molecular weight excluding hydrogens is 216 g/mol. The standard InChI is InChI=1S/C13H24N2O2/c1-10-4-5-11(7-14)13(6-10)15(2)8-12(16)9-17-3/h10-13,16H,4-6,8-9H2,1-3H3. The van der Waals surface area contributed by atoms with E-state index in [0.29, 0.717) is 19.1 Å². The van der Waals surface area contributed by atoms with Gasteiger partial charge in [-0.1, -0.05) is 6.92 Å². The van der Waals surface area contributed by atoms with E-state index in [1.807, 2.05) is 7.05 Å². The van der Waals surface area contributed by atoms with Gasteiger partial charge in [0.05, 0.1) is 24.7 Å². The van der Waals surface area contributed by atoms with Gasteiger partial charge in [-0.25, -0.2) is 0 Å². The number of hydrogen-bond donors (Lipinski definition) is 1. The summed E-state index contributed by atoms with van der Waals surface area (Å²) in [4.78, 5) is 2.12. The molecule has 17 heavy (non-hydrogen) atoms. The summed E-state index contributed by atoms with van der Waals surface area (Å²) in [6.45, 7) is 3.16. The molecule has 0 amide bonds. The lowest BCUT2D eigenvalue weighted by atomic mass is 9.79. The van der Waals surface area contributed by atoms with Crippen molar-refractivity contribution in [2.75, 3.05) is 27.3 Å². The number of likely N-dealkylation sites (N-methyl/N-ethyl adjacent to an activating group) is 1. The molecule has 0 spiro atoms. The van der Waals surface area contributed by atoms with E-state index in [4.69, 9.17) is 4.74 Å². The Labute approximate surface area is 104 Å². The first kappa shape index (κ1) is 14.4. The van der Waals surface area contributed by atoms with E-state index in [9.17, 15) is 10.4 Å². The third kappa shape index (κ3) is 4.27. The molecule has 0 heterocycles. The van der Waals surface area contributed by atoms with Gasteiger partial charge in [0.25, 0.3) is 0 Å². The van der Waals surface area contributed by atoms with Crippen LogP contribution in [-0.2, 0) is 4.74 Å². The first-order chi connectivity index (χ1) is 8.08. The molecule has 1 fully saturated rings. The number of nitrogens with zero attached hydrogens (tertiary/aromatic N) is 2. The topological polar surface area (TPSA) is 56.5 Å². The van der Waals surface area contributed by atoms with Crippen molar-refractivity contribution in [3.63, 3.8) is 0 Å². The van der Waals surface area contributed by atoms with Crippen LogP contribution in [0.15, 0.2) is 0 Å². The van der Waals surface area contributed by atoms with E-state index >= 15 is 0 Å². The summed E-state index contributed by atoms with van der Waals surface area (Å²) in [7, 11) is 3.58. The van der Waals surface area contributed by atoms with Gasteiger partial charge >= 0.3 is 0 Å². The summed E-state index contributed by atoms with van der Waals surface area (Å²) in [5, 5.41) is 18.9. The highest BCUT2D eigenvalue weighted by Gasteiger charge is 2.31. The summed E-state index contributed by atoms with van der Waals surface area (Å²) in [6, 6.07) is 2.68. The molecule has 1 aliphatic carbocycles. The average molecular weight is 240 g/mol. The zero-order valence-electron chi connectivity index (χ0n) is 11.1. The summed E-state index contributed by atoms with van der Waals surface area (Å²) in [5.74, 6) is 0.776. The Morgan fingerprint density at radius 2 is 2.24 bits per heavy atom. The lowest BCUT2D eigenvalue weighted by Crippen LogP contribution is -2.45. The van der Waals surface area contributed by atoms with Gasteiger partial charge in [0.1, 0.15) is 0 Å². The number of rotatable bonds is 5. The van der Waals surface area contributed by atoms with Gasteiger partial charge in [-0.3, -0.25) is 4.90 Å². The third-order valence-electron chi connectivity index (χ3n) is 3.67. The van der Waals surface area contributed by atoms with E-state index in [-0.39, 0.29) is 12.0 Å². The van der Waals surface area contributed by atoms with Crippen molar-refractivity contribution >= 4 is 0 Å². The molecule has 0 aromatic heterocycles. The average Bonchev–Trinajstić information content (AvgIpc) is 2.29. The van der Waals surface area contributed by atoms with Crippen LogP contribution in [0.5, 0.6) is 0 Å². The normalized spacial score (nSPS) is 31.2. The zero-order valence-corrected chi connectivity index (χ0v) is 11.1. The Morgan fingerprint density at radius 1 is 1.53 bits per heavy atom. The minimum atomic E-state index is -0.471. The number of hydrogen-bond acceptors (Lipinski definition) is 4. The molecule has 4 heteroatoms. The van der Waals surface area contributed by atoms with Crippen LogP contribution in [0.2, 0.25) is 0 Å². The molecule has 0 aliphatic heterocycles. The van der Waals surface area contributed by atoms with E-state index in [0.717, 1.165) is 19.3 Å². The second-order valence-electron chi connectivity index (χ2n) is 5.27. The van der Waals surface area contributed by atoms with Crippen LogP contribution in [-0.4, -0.2) is 49.5 Å². The molecule has 1 N–H and O–H groups in total. The number of nitriles is 1. The van der Waals surface area contributed by atoms with Crippen molar-refractivity contribution in [3.8, 4) is 6.07 Å². The van der Waals surface area contributed by atoms with Gasteiger partial charge in [0.2, 0.25) is 0 Å². The quantitative estimate of drug-likeness (QED) is 0.786. The largest absolute Gasteiger partial charge is 0.389 e. The molecule has 0 radical (unpaired) electrons. The summed E-state index contributed by atoms with van der Waals surface area (Å²) in [6.07, 6.45) is 2.70. The number of ether oxygens (including phenoxy) is 1. The van der Waals surface area contributed by atoms with Gasteiger partial charge in [-0.05, 0) is 32.2 Å². The van der Waals surface area contributed by atoms with E-state index in [1.54, 1.807) is 7.11 Å². The summed E-state index contributed by atoms with van der Waals surface area (Å²) >= 11 is 0. The molecule has 98 valence electrons. The smallest absolute Gasteiger partial charge is 0.0900 e. The molecule has 0 aromatic rings. The van der Waals surface area contributed by atoms with Crippen LogP contribution in [0, 0.1) is 23.2 Å². The first-order valence-corrected chi connectivity index (χ1v) is 6.35. The molecular formula is C13H24N2O2. The Balaban J connectivity index is 2.52. The highest BCUT2D eigenvalue weighted by molar-refractivity contribution is 4.96. The highest BCUT2D eigenvalue weighted by atomic mass is 16.5. The fourth-order valence-electron chi connectivity index (χ4n) is 2.70. The van der Waals surface area contributed by atoms with Crippen LogP contribution < -0.4 is 0 Å². The van der Waals surface area contributed by atoms with Crippen molar-refractivity contribution < 1.29 is 9.84 Å². The van der Waals surface area contributed by atoms with Crippen molar-refractivity contribution in [1.82, 2.24) is 4.90 Å². The number of aliphatic hydroxyl groups is 1. The van der Waals surface area contributed by atoms with Gasteiger partial charge in [-0.15, -0.1) is 0 Å². The van der Waals surface area contributed by atoms with Crippen LogP contribution in [0.25, 0.3) is 0 Å². The Kier molecular flexibility index (Phi) is 5.90. The van der Waals surface area contributed by atoms with E-state index < -0.39 is 6.10 Å². The lowest BCUT2D eigenvalue weighted by Gasteiger charge is -2.38. The summed E-state index contributed by atoms with van der Waals surface area (Å²) in [5.41, 5.74) is 0. The predicted octanol–water partition coefficient (Wildman–Crippen LogP) is 1.25. The molecule has 1 aliphatic rings. The molecule has 0 aromatic carbocycles. The molecule has 4 unspecified atom stereocenters. The maximum Gasteiger partial charge on any atom is 0.0900 e. The summed E-state index contributed by atoms with van der Waals surface area (Å²) < 4.78 is 4.92. The minimum Gasteiger partial charge on any atom is -0.389 e. The van der Waals surface area contributed by atoms with Crippen molar-refractivity contribution in [1.29, 1.82) is 5.26 Å². The van der Waals surface area contributed by atoms with E-state index in [2.05, 4.69) is 17.9 Å². The van der Waals surface area contributed by atoms with Gasteiger partial charge in [0.15, 0.2) is 0 Å². The zero-order chi connectivity index (χ0) is 12.8.